The van der Waals surface area contributed by atoms with E-state index in [4.69, 9.17) is 4.52 Å². The molecule has 25 heavy (non-hydrogen) atoms. The van der Waals surface area contributed by atoms with E-state index in [9.17, 15) is 13.6 Å². The van der Waals surface area contributed by atoms with Gasteiger partial charge in [-0.05, 0) is 44.6 Å². The van der Waals surface area contributed by atoms with E-state index in [1.54, 1.807) is 6.92 Å². The van der Waals surface area contributed by atoms with Crippen LogP contribution in [-0.4, -0.2) is 28.0 Å². The van der Waals surface area contributed by atoms with Gasteiger partial charge in [0.05, 0.1) is 16.6 Å². The first-order valence-electron chi connectivity index (χ1n) is 8.88. The van der Waals surface area contributed by atoms with Gasteiger partial charge in [0.2, 0.25) is 0 Å². The number of nitrogens with zero attached hydrogens (tertiary/aromatic N) is 2. The summed E-state index contributed by atoms with van der Waals surface area (Å²) in [6, 6.07) is 1.64. The summed E-state index contributed by atoms with van der Waals surface area (Å²) in [5.74, 6) is -3.16. The Hall–Kier alpha value is -2.05. The fraction of sp³-hybridized carbons (Fsp3) is 0.611. The number of carbonyl (C=O) groups excluding carboxylic acids is 1. The van der Waals surface area contributed by atoms with Crippen molar-refractivity contribution in [3.05, 3.63) is 23.0 Å². The molecule has 0 aromatic carbocycles. The average Bonchev–Trinajstić information content (AvgIpc) is 3.16. The molecule has 1 N–H and O–H groups in total. The van der Waals surface area contributed by atoms with Crippen LogP contribution in [0.3, 0.4) is 0 Å². The lowest BCUT2D eigenvalue weighted by molar-refractivity contribution is -0.0561. The summed E-state index contributed by atoms with van der Waals surface area (Å²) in [6.45, 7) is 1.78. The smallest absolute Gasteiger partial charge is 0.259 e. The van der Waals surface area contributed by atoms with Gasteiger partial charge in [-0.15, -0.1) is 0 Å². The van der Waals surface area contributed by atoms with Crippen LogP contribution in [-0.2, 0) is 0 Å². The number of nitrogens with one attached hydrogen (secondary N) is 1. The van der Waals surface area contributed by atoms with Gasteiger partial charge >= 0.3 is 0 Å². The van der Waals surface area contributed by atoms with Crippen molar-refractivity contribution < 1.29 is 18.1 Å². The maximum absolute atomic E-state index is 13.7. The van der Waals surface area contributed by atoms with Crippen molar-refractivity contribution in [1.29, 1.82) is 0 Å². The molecule has 5 rings (SSSR count). The zero-order chi connectivity index (χ0) is 17.3. The number of pyridine rings is 1. The van der Waals surface area contributed by atoms with Gasteiger partial charge in [-0.1, -0.05) is 5.16 Å². The van der Waals surface area contributed by atoms with Gasteiger partial charge in [0.1, 0.15) is 0 Å². The van der Waals surface area contributed by atoms with Gasteiger partial charge in [0, 0.05) is 30.0 Å². The second kappa shape index (κ2) is 4.99. The Bertz CT molecular complexity index is 875. The van der Waals surface area contributed by atoms with Crippen LogP contribution in [0.15, 0.2) is 10.6 Å². The van der Waals surface area contributed by atoms with Gasteiger partial charge in [0.25, 0.3) is 17.5 Å². The van der Waals surface area contributed by atoms with Gasteiger partial charge in [-0.3, -0.25) is 4.79 Å². The van der Waals surface area contributed by atoms with Crippen LogP contribution in [0.4, 0.5) is 8.78 Å². The number of aromatic nitrogens is 2. The molecule has 0 aliphatic heterocycles. The number of aryl methyl sites for hydroxylation is 1. The Balaban J connectivity index is 1.45. The minimum atomic E-state index is -2.57. The minimum absolute atomic E-state index is 0.117. The number of hydrogen-bond donors (Lipinski definition) is 1. The molecule has 3 atom stereocenters. The van der Waals surface area contributed by atoms with Crippen LogP contribution in [0.2, 0.25) is 0 Å². The number of fused-ring (bicyclic) bond motifs is 3. The first-order valence-corrected chi connectivity index (χ1v) is 8.88. The zero-order valence-electron chi connectivity index (χ0n) is 13.9. The third-order valence-corrected chi connectivity index (χ3v) is 6.02. The Morgan fingerprint density at radius 2 is 2.16 bits per heavy atom. The van der Waals surface area contributed by atoms with E-state index >= 15 is 0 Å². The number of alkyl halides is 2. The fourth-order valence-corrected chi connectivity index (χ4v) is 4.52. The van der Waals surface area contributed by atoms with Crippen LogP contribution < -0.4 is 5.32 Å². The number of rotatable bonds is 3. The Kier molecular flexibility index (Phi) is 3.04. The summed E-state index contributed by atoms with van der Waals surface area (Å²) < 4.78 is 32.7. The summed E-state index contributed by atoms with van der Waals surface area (Å²) in [7, 11) is 0. The first-order chi connectivity index (χ1) is 11.9. The highest BCUT2D eigenvalue weighted by atomic mass is 19.3. The summed E-state index contributed by atoms with van der Waals surface area (Å²) in [5.41, 5.74) is 2.36. The lowest BCUT2D eigenvalue weighted by Gasteiger charge is -2.28. The summed E-state index contributed by atoms with van der Waals surface area (Å²) in [5, 5.41) is 7.54. The molecule has 132 valence electrons. The van der Waals surface area contributed by atoms with E-state index in [-0.39, 0.29) is 24.3 Å². The number of carbonyl (C=O) groups is 1. The maximum Gasteiger partial charge on any atom is 0.259 e. The van der Waals surface area contributed by atoms with Crippen molar-refractivity contribution in [3.63, 3.8) is 0 Å². The van der Waals surface area contributed by atoms with Crippen LogP contribution in [0, 0.1) is 18.8 Å². The SMILES string of the molecule is Cc1noc2nc(C3CC3)cc(C(=O)NC3CC4CC3CC4(F)F)c12. The predicted octanol–water partition coefficient (Wildman–Crippen LogP) is 3.57. The van der Waals surface area contributed by atoms with Gasteiger partial charge < -0.3 is 9.84 Å². The van der Waals surface area contributed by atoms with Crippen molar-refractivity contribution >= 4 is 17.0 Å². The molecule has 2 bridgehead atoms. The van der Waals surface area contributed by atoms with Crippen molar-refractivity contribution in [2.75, 3.05) is 0 Å². The molecule has 2 aromatic rings. The summed E-state index contributed by atoms with van der Waals surface area (Å²) in [6.07, 6.45) is 2.87. The van der Waals surface area contributed by atoms with Crippen LogP contribution in [0.5, 0.6) is 0 Å². The molecule has 0 radical (unpaired) electrons. The van der Waals surface area contributed by atoms with Crippen molar-refractivity contribution in [2.24, 2.45) is 11.8 Å². The van der Waals surface area contributed by atoms with E-state index in [0.717, 1.165) is 18.5 Å². The number of amides is 1. The molecule has 0 spiro atoms. The molecule has 3 aliphatic rings. The van der Waals surface area contributed by atoms with E-state index in [2.05, 4.69) is 15.5 Å². The molecular weight excluding hydrogens is 328 g/mol. The van der Waals surface area contributed by atoms with E-state index in [1.807, 2.05) is 6.07 Å². The summed E-state index contributed by atoms with van der Waals surface area (Å²) >= 11 is 0. The Morgan fingerprint density at radius 1 is 1.36 bits per heavy atom. The van der Waals surface area contributed by atoms with Crippen molar-refractivity contribution in [3.8, 4) is 0 Å². The number of hydrogen-bond acceptors (Lipinski definition) is 4. The van der Waals surface area contributed by atoms with Crippen LogP contribution in [0.1, 0.15) is 59.8 Å². The second-order valence-electron chi connectivity index (χ2n) is 7.79. The molecule has 3 unspecified atom stereocenters. The molecule has 5 nitrogen and oxygen atoms in total. The monoisotopic (exact) mass is 347 g/mol. The largest absolute Gasteiger partial charge is 0.349 e. The lowest BCUT2D eigenvalue weighted by Crippen LogP contribution is -2.42. The molecule has 2 aromatic heterocycles. The first kappa shape index (κ1) is 15.2. The third-order valence-electron chi connectivity index (χ3n) is 6.02. The van der Waals surface area contributed by atoms with Gasteiger partial charge in [-0.2, -0.15) is 0 Å². The molecule has 3 aliphatic carbocycles. The van der Waals surface area contributed by atoms with Crippen LogP contribution >= 0.6 is 0 Å². The van der Waals surface area contributed by atoms with E-state index in [0.29, 0.717) is 41.1 Å². The molecule has 0 saturated heterocycles. The number of halogens is 2. The Labute approximate surface area is 143 Å². The van der Waals surface area contributed by atoms with Gasteiger partial charge in [0.15, 0.2) is 0 Å². The lowest BCUT2D eigenvalue weighted by atomic mass is 9.92. The third kappa shape index (κ3) is 2.35. The second-order valence-corrected chi connectivity index (χ2v) is 7.79. The normalized spacial score (nSPS) is 30.1. The standard InChI is InChI=1S/C18H19F2N3O2/c1-8-15-12(6-14(9-2-3-9)22-17(15)25-23-8)16(24)21-13-5-11-4-10(13)7-18(11,19)20/h6,9-11,13H,2-5,7H2,1H3,(H,21,24). The van der Waals surface area contributed by atoms with Crippen molar-refractivity contribution in [2.45, 2.75) is 56.9 Å². The molecule has 2 heterocycles. The molecule has 7 heteroatoms. The highest BCUT2D eigenvalue weighted by molar-refractivity contribution is 6.06. The van der Waals surface area contributed by atoms with E-state index in [1.165, 1.54) is 0 Å². The van der Waals surface area contributed by atoms with E-state index < -0.39 is 11.8 Å². The molecule has 3 fully saturated rings. The zero-order valence-corrected chi connectivity index (χ0v) is 13.9. The molecule has 1 amide bonds. The summed E-state index contributed by atoms with van der Waals surface area (Å²) in [4.78, 5) is 17.4. The quantitative estimate of drug-likeness (QED) is 0.922. The maximum atomic E-state index is 13.7. The molecular formula is C18H19F2N3O2. The van der Waals surface area contributed by atoms with Gasteiger partial charge in [-0.25, -0.2) is 13.8 Å². The Morgan fingerprint density at radius 3 is 2.80 bits per heavy atom. The predicted molar refractivity (Wildman–Crippen MR) is 85.5 cm³/mol. The average molecular weight is 347 g/mol. The fourth-order valence-electron chi connectivity index (χ4n) is 4.52. The molecule has 3 saturated carbocycles. The van der Waals surface area contributed by atoms with Crippen molar-refractivity contribution in [1.82, 2.24) is 15.5 Å². The highest BCUT2D eigenvalue weighted by Crippen LogP contribution is 2.53. The minimum Gasteiger partial charge on any atom is -0.349 e. The topological polar surface area (TPSA) is 68.0 Å². The highest BCUT2D eigenvalue weighted by Gasteiger charge is 2.56. The van der Waals surface area contributed by atoms with Crippen LogP contribution in [0.25, 0.3) is 11.1 Å².